The Bertz CT molecular complexity index is 759. The number of hydrogen-bond donors (Lipinski definition) is 0. The van der Waals surface area contributed by atoms with Gasteiger partial charge in [0, 0.05) is 6.21 Å². The summed E-state index contributed by atoms with van der Waals surface area (Å²) < 4.78 is 0. The largest absolute Gasteiger partial charge is 0.272 e. The van der Waals surface area contributed by atoms with E-state index < -0.39 is 0 Å². The highest BCUT2D eigenvalue weighted by Crippen LogP contribution is 2.65. The highest BCUT2D eigenvalue weighted by atomic mass is 16.2. The van der Waals surface area contributed by atoms with Gasteiger partial charge in [-0.15, -0.1) is 0 Å². The molecule has 1 aliphatic heterocycles. The number of carbonyl (C=O) groups is 2. The predicted octanol–water partition coefficient (Wildman–Crippen LogP) is 2.74. The van der Waals surface area contributed by atoms with Crippen LogP contribution in [0.3, 0.4) is 0 Å². The van der Waals surface area contributed by atoms with Crippen LogP contribution in [0.15, 0.2) is 53.7 Å². The molecule has 4 aliphatic carbocycles. The molecule has 3 fully saturated rings. The van der Waals surface area contributed by atoms with Gasteiger partial charge in [-0.3, -0.25) is 9.59 Å². The van der Waals surface area contributed by atoms with Crippen molar-refractivity contribution >= 4 is 24.1 Å². The first-order chi connectivity index (χ1) is 11.8. The summed E-state index contributed by atoms with van der Waals surface area (Å²) in [5.41, 5.74) is 1.05. The first-order valence-corrected chi connectivity index (χ1v) is 8.57. The van der Waals surface area contributed by atoms with Gasteiger partial charge in [-0.05, 0) is 41.7 Å². The van der Waals surface area contributed by atoms with E-state index in [-0.39, 0.29) is 35.5 Å². The van der Waals surface area contributed by atoms with Crippen molar-refractivity contribution in [1.29, 1.82) is 0 Å². The summed E-state index contributed by atoms with van der Waals surface area (Å²) in [5.74, 6) is 1.18. The van der Waals surface area contributed by atoms with Gasteiger partial charge in [-0.2, -0.15) is 10.1 Å². The van der Waals surface area contributed by atoms with Crippen LogP contribution in [0, 0.1) is 35.5 Å². The number of allylic oxidation sites excluding steroid dienone is 3. The maximum absolute atomic E-state index is 12.7. The Balaban J connectivity index is 1.35. The molecule has 4 heteroatoms. The lowest BCUT2D eigenvalue weighted by atomic mass is 9.63. The molecule has 0 aromatic heterocycles. The highest BCUT2D eigenvalue weighted by molar-refractivity contribution is 6.06. The highest BCUT2D eigenvalue weighted by Gasteiger charge is 2.67. The summed E-state index contributed by atoms with van der Waals surface area (Å²) in [4.78, 5) is 25.4. The van der Waals surface area contributed by atoms with Gasteiger partial charge in [0.05, 0.1) is 11.8 Å². The third kappa shape index (κ3) is 1.89. The molecule has 0 radical (unpaired) electrons. The molecular weight excluding hydrogens is 300 g/mol. The number of hydrogen-bond acceptors (Lipinski definition) is 3. The molecule has 24 heavy (non-hydrogen) atoms. The van der Waals surface area contributed by atoms with Crippen LogP contribution in [0.1, 0.15) is 12.0 Å². The molecule has 6 atom stereocenters. The van der Waals surface area contributed by atoms with Crippen molar-refractivity contribution in [1.82, 2.24) is 5.01 Å². The van der Waals surface area contributed by atoms with Crippen molar-refractivity contribution in [2.75, 3.05) is 0 Å². The van der Waals surface area contributed by atoms with Crippen molar-refractivity contribution in [2.45, 2.75) is 6.42 Å². The van der Waals surface area contributed by atoms with Crippen LogP contribution in [0.5, 0.6) is 0 Å². The van der Waals surface area contributed by atoms with E-state index in [0.29, 0.717) is 11.8 Å². The molecule has 1 heterocycles. The van der Waals surface area contributed by atoms with E-state index in [1.54, 1.807) is 6.08 Å². The molecule has 2 amide bonds. The Morgan fingerprint density at radius 2 is 1.58 bits per heavy atom. The lowest BCUT2D eigenvalue weighted by Crippen LogP contribution is -2.40. The molecule has 2 bridgehead atoms. The van der Waals surface area contributed by atoms with Crippen molar-refractivity contribution in [3.63, 3.8) is 0 Å². The standard InChI is InChI=1S/C20H18N2O2/c23-19-17-13-8-9-14(16-11-15(13)16)18(17)20(24)22(19)21-10-4-7-12-5-2-1-3-6-12/h1-10,13-18H,11H2/b7-4+,21-10-/t13-,14-,15-,16+,17+,18+/m0/s1. The lowest BCUT2D eigenvalue weighted by Gasteiger charge is -2.37. The fourth-order valence-corrected chi connectivity index (χ4v) is 4.88. The maximum atomic E-state index is 12.7. The molecule has 0 unspecified atom stereocenters. The second kappa shape index (κ2) is 5.00. The van der Waals surface area contributed by atoms with Crippen molar-refractivity contribution in [3.8, 4) is 0 Å². The van der Waals surface area contributed by atoms with E-state index in [0.717, 1.165) is 10.6 Å². The van der Waals surface area contributed by atoms with E-state index >= 15 is 0 Å². The minimum absolute atomic E-state index is 0.112. The summed E-state index contributed by atoms with van der Waals surface area (Å²) in [6.45, 7) is 0. The number of hydrazone groups is 1. The number of imide groups is 1. The van der Waals surface area contributed by atoms with Gasteiger partial charge in [0.15, 0.2) is 0 Å². The van der Waals surface area contributed by atoms with Crippen LogP contribution in [0.25, 0.3) is 6.08 Å². The minimum Gasteiger partial charge on any atom is -0.272 e. The van der Waals surface area contributed by atoms with Crippen LogP contribution in [-0.2, 0) is 9.59 Å². The van der Waals surface area contributed by atoms with Gasteiger partial charge in [0.25, 0.3) is 11.8 Å². The molecule has 0 spiro atoms. The van der Waals surface area contributed by atoms with Crippen molar-refractivity contribution < 1.29 is 9.59 Å². The summed E-state index contributed by atoms with van der Waals surface area (Å²) in [7, 11) is 0. The van der Waals surface area contributed by atoms with Gasteiger partial charge in [-0.25, -0.2) is 0 Å². The quantitative estimate of drug-likeness (QED) is 0.489. The summed E-state index contributed by atoms with van der Waals surface area (Å²) in [6.07, 6.45) is 10.7. The van der Waals surface area contributed by atoms with Gasteiger partial charge in [-0.1, -0.05) is 48.6 Å². The van der Waals surface area contributed by atoms with Crippen LogP contribution in [0.2, 0.25) is 0 Å². The lowest BCUT2D eigenvalue weighted by molar-refractivity contribution is -0.140. The average molecular weight is 318 g/mol. The molecule has 0 N–H and O–H groups in total. The SMILES string of the molecule is O=C1[C@@H]2[C@H]3C=C[C@@H]([C@@H]4C[C@H]34)[C@H]2C(=O)N1/N=C\C=C\c1ccccc1. The van der Waals surface area contributed by atoms with Crippen LogP contribution >= 0.6 is 0 Å². The Labute approximate surface area is 140 Å². The molecule has 4 nitrogen and oxygen atoms in total. The molecule has 1 saturated heterocycles. The zero-order valence-corrected chi connectivity index (χ0v) is 13.2. The Hall–Kier alpha value is -2.49. The number of rotatable bonds is 3. The first kappa shape index (κ1) is 13.9. The van der Waals surface area contributed by atoms with Crippen molar-refractivity contribution in [2.24, 2.45) is 40.6 Å². The van der Waals surface area contributed by atoms with Crippen LogP contribution < -0.4 is 0 Å². The molecule has 1 aromatic carbocycles. The third-order valence-corrected chi connectivity index (χ3v) is 6.00. The number of benzene rings is 1. The molecular formula is C20H18N2O2. The van der Waals surface area contributed by atoms with Crippen molar-refractivity contribution in [3.05, 3.63) is 54.1 Å². The first-order valence-electron chi connectivity index (χ1n) is 8.57. The number of carbonyl (C=O) groups excluding carboxylic acids is 2. The van der Waals surface area contributed by atoms with Gasteiger partial charge in [0.2, 0.25) is 0 Å². The smallest absolute Gasteiger partial charge is 0.254 e. The van der Waals surface area contributed by atoms with Crippen LogP contribution in [0.4, 0.5) is 0 Å². The monoisotopic (exact) mass is 318 g/mol. The third-order valence-electron chi connectivity index (χ3n) is 6.00. The molecule has 2 saturated carbocycles. The summed E-state index contributed by atoms with van der Waals surface area (Å²) in [5, 5.41) is 5.27. The van der Waals surface area contributed by atoms with E-state index in [9.17, 15) is 9.59 Å². The zero-order chi connectivity index (χ0) is 16.3. The second-order valence-corrected chi connectivity index (χ2v) is 7.18. The van der Waals surface area contributed by atoms with E-state index in [1.807, 2.05) is 36.4 Å². The van der Waals surface area contributed by atoms with Gasteiger partial charge in [0.1, 0.15) is 0 Å². The van der Waals surface area contributed by atoms with E-state index in [1.165, 1.54) is 12.6 Å². The molecule has 120 valence electrons. The second-order valence-electron chi connectivity index (χ2n) is 7.18. The average Bonchev–Trinajstić information content (AvgIpc) is 3.39. The molecule has 1 aromatic rings. The van der Waals surface area contributed by atoms with E-state index in [4.69, 9.17) is 0 Å². The molecule has 5 aliphatic rings. The summed E-state index contributed by atoms with van der Waals surface area (Å²) >= 11 is 0. The Morgan fingerprint density at radius 1 is 0.958 bits per heavy atom. The normalized spacial score (nSPS) is 39.1. The molecule has 6 rings (SSSR count). The summed E-state index contributed by atoms with van der Waals surface area (Å²) in [6, 6.07) is 9.86. The zero-order valence-electron chi connectivity index (χ0n) is 13.2. The fourth-order valence-electron chi connectivity index (χ4n) is 4.88. The number of nitrogens with zero attached hydrogens (tertiary/aromatic N) is 2. The van der Waals surface area contributed by atoms with Gasteiger partial charge >= 0.3 is 0 Å². The minimum atomic E-state index is -0.175. The predicted molar refractivity (Wildman–Crippen MR) is 90.5 cm³/mol. The maximum Gasteiger partial charge on any atom is 0.254 e. The number of amides is 2. The van der Waals surface area contributed by atoms with Gasteiger partial charge < -0.3 is 0 Å². The van der Waals surface area contributed by atoms with E-state index in [2.05, 4.69) is 17.3 Å². The topological polar surface area (TPSA) is 49.7 Å². The Morgan fingerprint density at radius 3 is 2.21 bits per heavy atom. The fraction of sp³-hybridized carbons (Fsp3) is 0.350. The van der Waals surface area contributed by atoms with Crippen LogP contribution in [-0.4, -0.2) is 23.0 Å². The Kier molecular flexibility index (Phi) is 2.90.